The zero-order chi connectivity index (χ0) is 11.6. The van der Waals surface area contributed by atoms with Gasteiger partial charge in [0, 0.05) is 31.3 Å². The highest BCUT2D eigenvalue weighted by molar-refractivity contribution is 5.05. The van der Waals surface area contributed by atoms with Crippen LogP contribution in [0.25, 0.3) is 0 Å². The van der Waals surface area contributed by atoms with Gasteiger partial charge in [-0.2, -0.15) is 0 Å². The summed E-state index contributed by atoms with van der Waals surface area (Å²) in [6.07, 6.45) is 4.80. The van der Waals surface area contributed by atoms with Crippen LogP contribution in [0.15, 0.2) is 18.6 Å². The first-order valence-corrected chi connectivity index (χ1v) is 5.65. The van der Waals surface area contributed by atoms with Crippen LogP contribution in [0.2, 0.25) is 0 Å². The molecule has 1 heterocycles. The van der Waals surface area contributed by atoms with Gasteiger partial charge in [-0.3, -0.25) is 0 Å². The van der Waals surface area contributed by atoms with E-state index < -0.39 is 0 Å². The summed E-state index contributed by atoms with van der Waals surface area (Å²) < 4.78 is 5.42. The predicted molar refractivity (Wildman–Crippen MR) is 61.9 cm³/mol. The molecule has 16 heavy (non-hydrogen) atoms. The molecule has 0 saturated heterocycles. The van der Waals surface area contributed by atoms with Gasteiger partial charge in [0.2, 0.25) is 0 Å². The average molecular weight is 221 g/mol. The summed E-state index contributed by atoms with van der Waals surface area (Å²) >= 11 is 0. The molecule has 0 amide bonds. The lowest BCUT2D eigenvalue weighted by Gasteiger charge is -2.51. The molecule has 4 nitrogen and oxygen atoms in total. The first kappa shape index (κ1) is 11.5. The Kier molecular flexibility index (Phi) is 3.21. The molecule has 2 unspecified atom stereocenters. The summed E-state index contributed by atoms with van der Waals surface area (Å²) in [6, 6.07) is 2.44. The predicted octanol–water partition coefficient (Wildman–Crippen LogP) is 1.38. The number of rotatable bonds is 4. The molecule has 0 aromatic carbocycles. The quantitative estimate of drug-likeness (QED) is 0.834. The monoisotopic (exact) mass is 221 g/mol. The molecule has 1 fully saturated rings. The molecule has 0 aliphatic heterocycles. The van der Waals surface area contributed by atoms with Crippen LogP contribution in [-0.2, 0) is 11.3 Å². The average Bonchev–Trinajstić information content (AvgIpc) is 2.29. The zero-order valence-corrected chi connectivity index (χ0v) is 10.1. The normalized spacial score (nSPS) is 27.4. The molecule has 1 aromatic heterocycles. The summed E-state index contributed by atoms with van der Waals surface area (Å²) in [6.45, 7) is 5.28. The van der Waals surface area contributed by atoms with Gasteiger partial charge in [0.1, 0.15) is 6.33 Å². The summed E-state index contributed by atoms with van der Waals surface area (Å²) in [5, 5.41) is 3.52. The van der Waals surface area contributed by atoms with Crippen molar-refractivity contribution < 1.29 is 4.74 Å². The first-order chi connectivity index (χ1) is 7.64. The fourth-order valence-corrected chi connectivity index (χ4v) is 2.28. The third-order valence-electron chi connectivity index (χ3n) is 3.64. The zero-order valence-electron chi connectivity index (χ0n) is 10.1. The Morgan fingerprint density at radius 3 is 2.94 bits per heavy atom. The number of hydrogen-bond acceptors (Lipinski definition) is 4. The lowest BCUT2D eigenvalue weighted by atomic mass is 9.64. The minimum absolute atomic E-state index is 0.210. The molecular formula is C12H19N3O. The molecular weight excluding hydrogens is 202 g/mol. The molecule has 2 atom stereocenters. The number of nitrogens with zero attached hydrogens (tertiary/aromatic N) is 2. The Bertz CT molecular complexity index is 339. The van der Waals surface area contributed by atoms with Gasteiger partial charge in [-0.25, -0.2) is 9.97 Å². The Morgan fingerprint density at radius 1 is 1.56 bits per heavy atom. The van der Waals surface area contributed by atoms with Crippen molar-refractivity contribution in [1.82, 2.24) is 15.3 Å². The van der Waals surface area contributed by atoms with Crippen molar-refractivity contribution in [3.63, 3.8) is 0 Å². The van der Waals surface area contributed by atoms with Gasteiger partial charge in [-0.15, -0.1) is 0 Å². The Balaban J connectivity index is 1.85. The van der Waals surface area contributed by atoms with Crippen LogP contribution in [0.3, 0.4) is 0 Å². The summed E-state index contributed by atoms with van der Waals surface area (Å²) in [5.41, 5.74) is 1.24. The van der Waals surface area contributed by atoms with Crippen LogP contribution in [0, 0.1) is 5.41 Å². The van der Waals surface area contributed by atoms with E-state index in [2.05, 4.69) is 29.1 Å². The highest BCUT2D eigenvalue weighted by Crippen LogP contribution is 2.42. The van der Waals surface area contributed by atoms with Crippen molar-refractivity contribution in [3.05, 3.63) is 24.3 Å². The van der Waals surface area contributed by atoms with Gasteiger partial charge >= 0.3 is 0 Å². The maximum Gasteiger partial charge on any atom is 0.115 e. The van der Waals surface area contributed by atoms with Crippen molar-refractivity contribution in [2.24, 2.45) is 5.41 Å². The van der Waals surface area contributed by atoms with Gasteiger partial charge in [-0.1, -0.05) is 13.8 Å². The number of hydrogen-bond donors (Lipinski definition) is 1. The summed E-state index contributed by atoms with van der Waals surface area (Å²) in [5.74, 6) is 0. The van der Waals surface area contributed by atoms with E-state index in [4.69, 9.17) is 4.74 Å². The minimum Gasteiger partial charge on any atom is -0.381 e. The van der Waals surface area contributed by atoms with Crippen molar-refractivity contribution in [3.8, 4) is 0 Å². The van der Waals surface area contributed by atoms with Crippen LogP contribution in [0.5, 0.6) is 0 Å². The summed E-state index contributed by atoms with van der Waals surface area (Å²) in [4.78, 5) is 8.09. The van der Waals surface area contributed by atoms with Crippen LogP contribution in [0.4, 0.5) is 0 Å². The van der Waals surface area contributed by atoms with E-state index in [9.17, 15) is 0 Å². The third kappa shape index (κ3) is 2.08. The van der Waals surface area contributed by atoms with E-state index >= 15 is 0 Å². The second-order valence-corrected chi connectivity index (χ2v) is 4.92. The first-order valence-electron chi connectivity index (χ1n) is 5.65. The molecule has 1 saturated carbocycles. The smallest absolute Gasteiger partial charge is 0.115 e. The number of aromatic nitrogens is 2. The van der Waals surface area contributed by atoms with Crippen molar-refractivity contribution in [2.75, 3.05) is 7.11 Å². The molecule has 1 aliphatic carbocycles. The van der Waals surface area contributed by atoms with Gasteiger partial charge < -0.3 is 10.1 Å². The van der Waals surface area contributed by atoms with Crippen LogP contribution in [0.1, 0.15) is 26.0 Å². The molecule has 0 spiro atoms. The minimum atomic E-state index is 0.210. The maximum atomic E-state index is 5.42. The molecule has 4 heteroatoms. The van der Waals surface area contributed by atoms with Gasteiger partial charge in [0.15, 0.2) is 0 Å². The Labute approximate surface area is 96.4 Å². The van der Waals surface area contributed by atoms with E-state index in [1.807, 2.05) is 6.07 Å². The number of methoxy groups -OCH3 is 1. The molecule has 1 N–H and O–H groups in total. The van der Waals surface area contributed by atoms with E-state index in [1.165, 1.54) is 0 Å². The van der Waals surface area contributed by atoms with Gasteiger partial charge in [0.25, 0.3) is 0 Å². The second-order valence-electron chi connectivity index (χ2n) is 4.92. The molecule has 88 valence electrons. The van der Waals surface area contributed by atoms with Crippen LogP contribution >= 0.6 is 0 Å². The lowest BCUT2D eigenvalue weighted by molar-refractivity contribution is -0.0979. The van der Waals surface area contributed by atoms with Crippen molar-refractivity contribution in [2.45, 2.75) is 39.0 Å². The number of nitrogens with one attached hydrogen (secondary N) is 1. The highest BCUT2D eigenvalue weighted by Gasteiger charge is 2.48. The van der Waals surface area contributed by atoms with Crippen LogP contribution < -0.4 is 5.32 Å². The Hall–Kier alpha value is -1.00. The van der Waals surface area contributed by atoms with E-state index in [1.54, 1.807) is 19.6 Å². The fraction of sp³-hybridized carbons (Fsp3) is 0.667. The number of ether oxygens (including phenoxy) is 1. The van der Waals surface area contributed by atoms with Gasteiger partial charge in [0.05, 0.1) is 11.8 Å². The second kappa shape index (κ2) is 4.47. The standard InChI is InChI=1S/C12H19N3O/c1-12(2)10(6-11(12)16-3)14-7-9-4-5-13-8-15-9/h4-5,8,10-11,14H,6-7H2,1-3H3. The van der Waals surface area contributed by atoms with E-state index in [-0.39, 0.29) is 5.41 Å². The largest absolute Gasteiger partial charge is 0.381 e. The van der Waals surface area contributed by atoms with Crippen molar-refractivity contribution >= 4 is 0 Å². The highest BCUT2D eigenvalue weighted by atomic mass is 16.5. The molecule has 1 aromatic rings. The Morgan fingerprint density at radius 2 is 2.38 bits per heavy atom. The molecule has 0 radical (unpaired) electrons. The lowest BCUT2D eigenvalue weighted by Crippen LogP contribution is -2.60. The maximum absolute atomic E-state index is 5.42. The summed E-state index contributed by atoms with van der Waals surface area (Å²) in [7, 11) is 1.78. The van der Waals surface area contributed by atoms with E-state index in [0.29, 0.717) is 12.1 Å². The molecule has 0 bridgehead atoms. The van der Waals surface area contributed by atoms with E-state index in [0.717, 1.165) is 18.7 Å². The van der Waals surface area contributed by atoms with Crippen LogP contribution in [-0.4, -0.2) is 29.2 Å². The third-order valence-corrected chi connectivity index (χ3v) is 3.64. The topological polar surface area (TPSA) is 47.0 Å². The SMILES string of the molecule is COC1CC(NCc2ccncn2)C1(C)C. The fourth-order valence-electron chi connectivity index (χ4n) is 2.28. The molecule has 2 rings (SSSR count). The molecule has 1 aliphatic rings. The van der Waals surface area contributed by atoms with Gasteiger partial charge in [-0.05, 0) is 12.5 Å². The van der Waals surface area contributed by atoms with Crippen molar-refractivity contribution in [1.29, 1.82) is 0 Å².